The lowest BCUT2D eigenvalue weighted by Crippen LogP contribution is -2.00. The van der Waals surface area contributed by atoms with Crippen LogP contribution in [0.4, 0.5) is 17.1 Å². The highest BCUT2D eigenvalue weighted by Gasteiger charge is 2.18. The molecule has 3 aromatic carbocycles. The van der Waals surface area contributed by atoms with E-state index in [9.17, 15) is 0 Å². The van der Waals surface area contributed by atoms with E-state index in [4.69, 9.17) is 21.4 Å². The Labute approximate surface area is 157 Å². The number of nitrogen functional groups attached to an aromatic ring is 2. The standard InChI is InChI=1S/C22H19N5/c1-27-21-9-7-17(24)12-20(21)26-22(27)14-4-8-18-15(10-14)11-19(25-18)13-2-5-16(23)6-3-13/h2-10,12H,11,23-24H2,1H3. The molecular weight excluding hydrogens is 334 g/mol. The molecule has 0 fully saturated rings. The van der Waals surface area contributed by atoms with Crippen LogP contribution in [-0.4, -0.2) is 15.3 Å². The van der Waals surface area contributed by atoms with Crippen molar-refractivity contribution in [3.8, 4) is 11.4 Å². The summed E-state index contributed by atoms with van der Waals surface area (Å²) in [6.07, 6.45) is 0.810. The van der Waals surface area contributed by atoms with Gasteiger partial charge in [-0.25, -0.2) is 4.98 Å². The number of nitrogens with two attached hydrogens (primary N) is 2. The molecule has 5 heteroatoms. The van der Waals surface area contributed by atoms with E-state index in [-0.39, 0.29) is 0 Å². The average Bonchev–Trinajstić information content (AvgIpc) is 3.22. The van der Waals surface area contributed by atoms with Gasteiger partial charge in [0.2, 0.25) is 0 Å². The third kappa shape index (κ3) is 2.56. The van der Waals surface area contributed by atoms with Gasteiger partial charge < -0.3 is 16.0 Å². The molecule has 0 saturated carbocycles. The van der Waals surface area contributed by atoms with Crippen LogP contribution in [0.3, 0.4) is 0 Å². The van der Waals surface area contributed by atoms with Crippen molar-refractivity contribution in [3.05, 3.63) is 71.8 Å². The fraction of sp³-hybridized carbons (Fsp3) is 0.0909. The van der Waals surface area contributed by atoms with Crippen LogP contribution in [-0.2, 0) is 13.5 Å². The first-order valence-electron chi connectivity index (χ1n) is 8.87. The predicted octanol–water partition coefficient (Wildman–Crippen LogP) is 4.08. The Morgan fingerprint density at radius 1 is 0.852 bits per heavy atom. The van der Waals surface area contributed by atoms with Crippen LogP contribution in [0.2, 0.25) is 0 Å². The van der Waals surface area contributed by atoms with Gasteiger partial charge in [-0.1, -0.05) is 12.1 Å². The van der Waals surface area contributed by atoms with Gasteiger partial charge in [0.25, 0.3) is 0 Å². The predicted molar refractivity (Wildman–Crippen MR) is 111 cm³/mol. The Morgan fingerprint density at radius 3 is 2.41 bits per heavy atom. The van der Waals surface area contributed by atoms with Gasteiger partial charge in [-0.2, -0.15) is 0 Å². The number of rotatable bonds is 2. The number of fused-ring (bicyclic) bond motifs is 2. The van der Waals surface area contributed by atoms with Gasteiger partial charge in [0, 0.05) is 30.4 Å². The van der Waals surface area contributed by atoms with Crippen molar-refractivity contribution in [2.45, 2.75) is 6.42 Å². The van der Waals surface area contributed by atoms with E-state index in [1.165, 1.54) is 5.56 Å². The summed E-state index contributed by atoms with van der Waals surface area (Å²) in [6, 6.07) is 20.0. The number of aliphatic imine (C=N–C) groups is 1. The molecule has 0 bridgehead atoms. The largest absolute Gasteiger partial charge is 0.399 e. The first kappa shape index (κ1) is 15.6. The lowest BCUT2D eigenvalue weighted by Gasteiger charge is -2.05. The second-order valence-electron chi connectivity index (χ2n) is 6.94. The SMILES string of the molecule is Cn1c(-c2ccc3c(c2)CC(c2ccc(N)cc2)=N3)nc2cc(N)ccc21. The van der Waals surface area contributed by atoms with E-state index in [2.05, 4.69) is 22.8 Å². The van der Waals surface area contributed by atoms with Gasteiger partial charge in [0.15, 0.2) is 0 Å². The van der Waals surface area contributed by atoms with Crippen molar-refractivity contribution >= 4 is 33.8 Å². The molecule has 5 rings (SSSR count). The van der Waals surface area contributed by atoms with E-state index < -0.39 is 0 Å². The minimum atomic E-state index is 0.725. The molecule has 2 heterocycles. The van der Waals surface area contributed by atoms with Crippen LogP contribution in [0, 0.1) is 0 Å². The highest BCUT2D eigenvalue weighted by Crippen LogP contribution is 2.33. The van der Waals surface area contributed by atoms with Gasteiger partial charge in [-0.3, -0.25) is 4.99 Å². The topological polar surface area (TPSA) is 82.2 Å². The number of aromatic nitrogens is 2. The van der Waals surface area contributed by atoms with E-state index in [1.807, 2.05) is 49.5 Å². The van der Waals surface area contributed by atoms with Gasteiger partial charge in [-0.05, 0) is 59.7 Å². The van der Waals surface area contributed by atoms with Gasteiger partial charge >= 0.3 is 0 Å². The maximum absolute atomic E-state index is 5.90. The lowest BCUT2D eigenvalue weighted by atomic mass is 10.0. The Balaban J connectivity index is 1.52. The summed E-state index contributed by atoms with van der Waals surface area (Å²) in [6.45, 7) is 0. The fourth-order valence-corrected chi connectivity index (χ4v) is 3.66. The van der Waals surface area contributed by atoms with E-state index in [0.29, 0.717) is 0 Å². The fourth-order valence-electron chi connectivity index (χ4n) is 3.66. The third-order valence-electron chi connectivity index (χ3n) is 5.10. The molecule has 0 amide bonds. The van der Waals surface area contributed by atoms with Crippen molar-refractivity contribution < 1.29 is 0 Å². The highest BCUT2D eigenvalue weighted by atomic mass is 15.1. The number of hydrogen-bond donors (Lipinski definition) is 2. The molecule has 5 nitrogen and oxygen atoms in total. The maximum atomic E-state index is 5.90. The van der Waals surface area contributed by atoms with Crippen molar-refractivity contribution in [1.82, 2.24) is 9.55 Å². The molecule has 1 aromatic heterocycles. The lowest BCUT2D eigenvalue weighted by molar-refractivity contribution is 0.959. The first-order chi connectivity index (χ1) is 13.1. The molecule has 0 radical (unpaired) electrons. The van der Waals surface area contributed by atoms with Gasteiger partial charge in [0.1, 0.15) is 5.82 Å². The van der Waals surface area contributed by atoms with Gasteiger partial charge in [-0.15, -0.1) is 0 Å². The number of nitrogens with zero attached hydrogens (tertiary/aromatic N) is 3. The summed E-state index contributed by atoms with van der Waals surface area (Å²) < 4.78 is 2.10. The zero-order valence-corrected chi connectivity index (χ0v) is 15.0. The molecule has 0 atom stereocenters. The molecular formula is C22H19N5. The second kappa shape index (κ2) is 5.71. The summed E-state index contributed by atoms with van der Waals surface area (Å²) in [4.78, 5) is 9.58. The Kier molecular flexibility index (Phi) is 3.31. The highest BCUT2D eigenvalue weighted by molar-refractivity contribution is 6.06. The number of hydrogen-bond acceptors (Lipinski definition) is 4. The Morgan fingerprint density at radius 2 is 1.59 bits per heavy atom. The number of imidazole rings is 1. The van der Waals surface area contributed by atoms with Crippen molar-refractivity contribution in [1.29, 1.82) is 0 Å². The minimum Gasteiger partial charge on any atom is -0.399 e. The molecule has 0 spiro atoms. The molecule has 4 aromatic rings. The zero-order valence-electron chi connectivity index (χ0n) is 15.0. The molecule has 0 unspecified atom stereocenters. The van der Waals surface area contributed by atoms with E-state index >= 15 is 0 Å². The van der Waals surface area contributed by atoms with E-state index in [1.54, 1.807) is 0 Å². The van der Waals surface area contributed by atoms with Crippen LogP contribution in [0.1, 0.15) is 11.1 Å². The number of benzene rings is 3. The maximum Gasteiger partial charge on any atom is 0.140 e. The third-order valence-corrected chi connectivity index (χ3v) is 5.10. The van der Waals surface area contributed by atoms with Crippen molar-refractivity contribution in [2.75, 3.05) is 11.5 Å². The van der Waals surface area contributed by atoms with Crippen LogP contribution in [0.15, 0.2) is 65.7 Å². The smallest absolute Gasteiger partial charge is 0.140 e. The van der Waals surface area contributed by atoms with Crippen LogP contribution >= 0.6 is 0 Å². The molecule has 132 valence electrons. The number of aryl methyl sites for hydroxylation is 1. The molecule has 1 aliphatic rings. The van der Waals surface area contributed by atoms with Crippen LogP contribution in [0.25, 0.3) is 22.4 Å². The summed E-state index contributed by atoms with van der Waals surface area (Å²) in [5.41, 5.74) is 20.7. The minimum absolute atomic E-state index is 0.725. The monoisotopic (exact) mass is 353 g/mol. The van der Waals surface area contributed by atoms with Crippen LogP contribution in [0.5, 0.6) is 0 Å². The van der Waals surface area contributed by atoms with Crippen molar-refractivity contribution in [3.63, 3.8) is 0 Å². The molecule has 0 aliphatic carbocycles. The summed E-state index contributed by atoms with van der Waals surface area (Å²) in [7, 11) is 2.03. The molecule has 4 N–H and O–H groups in total. The second-order valence-corrected chi connectivity index (χ2v) is 6.94. The molecule has 27 heavy (non-hydrogen) atoms. The first-order valence-corrected chi connectivity index (χ1v) is 8.87. The van der Waals surface area contributed by atoms with Crippen molar-refractivity contribution in [2.24, 2.45) is 12.0 Å². The summed E-state index contributed by atoms with van der Waals surface area (Å²) in [5.74, 6) is 0.930. The quantitative estimate of drug-likeness (QED) is 0.533. The average molecular weight is 353 g/mol. The number of anilines is 2. The Bertz CT molecular complexity index is 1220. The molecule has 0 saturated heterocycles. The summed E-state index contributed by atoms with van der Waals surface area (Å²) in [5, 5.41) is 0. The normalized spacial score (nSPS) is 13.0. The van der Waals surface area contributed by atoms with Crippen LogP contribution < -0.4 is 11.5 Å². The summed E-state index contributed by atoms with van der Waals surface area (Å²) >= 11 is 0. The zero-order chi connectivity index (χ0) is 18.5. The Hall–Kier alpha value is -3.60. The van der Waals surface area contributed by atoms with Gasteiger partial charge in [0.05, 0.1) is 22.4 Å². The molecule has 1 aliphatic heterocycles. The van der Waals surface area contributed by atoms with E-state index in [0.717, 1.165) is 57.2 Å².